The van der Waals surface area contributed by atoms with Crippen molar-refractivity contribution < 1.29 is 9.84 Å². The summed E-state index contributed by atoms with van der Waals surface area (Å²) in [7, 11) is 2.19. The van der Waals surface area contributed by atoms with Gasteiger partial charge in [-0.15, -0.1) is 24.0 Å². The lowest BCUT2D eigenvalue weighted by Crippen LogP contribution is -2.44. The van der Waals surface area contributed by atoms with E-state index in [1.54, 1.807) is 0 Å². The number of halogens is 1. The van der Waals surface area contributed by atoms with Gasteiger partial charge in [0.25, 0.3) is 0 Å². The van der Waals surface area contributed by atoms with Crippen LogP contribution in [0.5, 0.6) is 0 Å². The number of aliphatic hydroxyl groups is 1. The lowest BCUT2D eigenvalue weighted by molar-refractivity contribution is 0.131. The summed E-state index contributed by atoms with van der Waals surface area (Å²) in [5.41, 5.74) is 0.0151. The van der Waals surface area contributed by atoms with Crippen LogP contribution in [0, 0.1) is 5.41 Å². The van der Waals surface area contributed by atoms with Gasteiger partial charge in [-0.3, -0.25) is 4.99 Å². The van der Waals surface area contributed by atoms with E-state index in [9.17, 15) is 5.11 Å². The third-order valence-corrected chi connectivity index (χ3v) is 4.92. The molecule has 0 aromatic heterocycles. The molecule has 2 fully saturated rings. The van der Waals surface area contributed by atoms with Gasteiger partial charge in [0, 0.05) is 37.8 Å². The number of guanidine groups is 1. The number of ether oxygens (including phenoxy) is 1. The molecule has 136 valence electrons. The largest absolute Gasteiger partial charge is 0.396 e. The summed E-state index contributed by atoms with van der Waals surface area (Å²) in [6.45, 7) is 7.48. The van der Waals surface area contributed by atoms with E-state index >= 15 is 0 Å². The van der Waals surface area contributed by atoms with Crippen molar-refractivity contribution in [2.24, 2.45) is 10.4 Å². The number of likely N-dealkylation sites (N-methyl/N-ethyl adjacent to an activating group) is 1. The number of rotatable bonds is 7. The van der Waals surface area contributed by atoms with Crippen molar-refractivity contribution in [2.45, 2.75) is 38.6 Å². The fraction of sp³-hybridized carbons (Fsp3) is 0.938. The average Bonchev–Trinajstić information content (AvgIpc) is 3.12. The second kappa shape index (κ2) is 10.7. The van der Waals surface area contributed by atoms with Crippen molar-refractivity contribution in [3.63, 3.8) is 0 Å². The molecule has 2 aliphatic heterocycles. The highest BCUT2D eigenvalue weighted by Crippen LogP contribution is 2.32. The summed E-state index contributed by atoms with van der Waals surface area (Å²) in [6.07, 6.45) is 4.29. The van der Waals surface area contributed by atoms with Crippen LogP contribution in [-0.2, 0) is 4.74 Å². The number of aliphatic imine (C=N–C) groups is 1. The van der Waals surface area contributed by atoms with Gasteiger partial charge < -0.3 is 25.4 Å². The molecular formula is C16H33IN4O2. The highest BCUT2D eigenvalue weighted by Gasteiger charge is 2.34. The van der Waals surface area contributed by atoms with Crippen LogP contribution in [-0.4, -0.2) is 75.1 Å². The van der Waals surface area contributed by atoms with E-state index in [4.69, 9.17) is 9.73 Å². The molecule has 2 heterocycles. The van der Waals surface area contributed by atoms with E-state index < -0.39 is 0 Å². The Morgan fingerprint density at radius 2 is 2.26 bits per heavy atom. The molecule has 0 spiro atoms. The summed E-state index contributed by atoms with van der Waals surface area (Å²) >= 11 is 0. The van der Waals surface area contributed by atoms with Crippen LogP contribution in [0.2, 0.25) is 0 Å². The SMILES string of the molecule is CCNC(=NCC1(CCO)CCOC1)NCC1CCCN1C.I. The van der Waals surface area contributed by atoms with E-state index in [0.717, 1.165) is 38.5 Å². The molecule has 2 aliphatic rings. The number of hydrogen-bond acceptors (Lipinski definition) is 4. The molecule has 6 nitrogen and oxygen atoms in total. The van der Waals surface area contributed by atoms with Crippen molar-refractivity contribution in [1.82, 2.24) is 15.5 Å². The maximum atomic E-state index is 9.30. The summed E-state index contributed by atoms with van der Waals surface area (Å²) in [4.78, 5) is 7.17. The Morgan fingerprint density at radius 1 is 1.43 bits per heavy atom. The maximum absolute atomic E-state index is 9.30. The first-order valence-corrected chi connectivity index (χ1v) is 8.60. The molecule has 2 unspecified atom stereocenters. The van der Waals surface area contributed by atoms with Crippen LogP contribution in [0.15, 0.2) is 4.99 Å². The lowest BCUT2D eigenvalue weighted by atomic mass is 9.84. The molecule has 2 atom stereocenters. The molecule has 3 N–H and O–H groups in total. The van der Waals surface area contributed by atoms with Gasteiger partial charge in [0.05, 0.1) is 13.2 Å². The molecular weight excluding hydrogens is 407 g/mol. The van der Waals surface area contributed by atoms with E-state index in [0.29, 0.717) is 19.2 Å². The Balaban J connectivity index is 0.00000264. The maximum Gasteiger partial charge on any atom is 0.191 e. The number of nitrogens with zero attached hydrogens (tertiary/aromatic N) is 2. The molecule has 0 aromatic rings. The van der Waals surface area contributed by atoms with Crippen molar-refractivity contribution in [3.8, 4) is 0 Å². The molecule has 7 heteroatoms. The Kier molecular flexibility index (Phi) is 9.72. The normalized spacial score (nSPS) is 28.7. The van der Waals surface area contributed by atoms with Crippen LogP contribution in [0.4, 0.5) is 0 Å². The molecule has 2 saturated heterocycles. The molecule has 23 heavy (non-hydrogen) atoms. The number of nitrogens with one attached hydrogen (secondary N) is 2. The third kappa shape index (κ3) is 6.36. The third-order valence-electron chi connectivity index (χ3n) is 4.92. The summed E-state index contributed by atoms with van der Waals surface area (Å²) in [5.74, 6) is 0.881. The van der Waals surface area contributed by atoms with Gasteiger partial charge in [-0.25, -0.2) is 0 Å². The van der Waals surface area contributed by atoms with Crippen molar-refractivity contribution in [2.75, 3.05) is 53.0 Å². The van der Waals surface area contributed by atoms with Gasteiger partial charge >= 0.3 is 0 Å². The van der Waals surface area contributed by atoms with Gasteiger partial charge in [0.2, 0.25) is 0 Å². The fourth-order valence-electron chi connectivity index (χ4n) is 3.33. The van der Waals surface area contributed by atoms with E-state index in [1.165, 1.54) is 19.4 Å². The van der Waals surface area contributed by atoms with Gasteiger partial charge in [0.1, 0.15) is 0 Å². The summed E-state index contributed by atoms with van der Waals surface area (Å²) < 4.78 is 5.53. The minimum atomic E-state index is 0. The molecule has 0 amide bonds. The molecule has 2 rings (SSSR count). The standard InChI is InChI=1S/C16H32N4O2.HI/c1-3-17-15(18-11-14-5-4-8-20(14)2)19-12-16(6-9-21)7-10-22-13-16;/h14,21H,3-13H2,1-2H3,(H2,17,18,19);1H. The van der Waals surface area contributed by atoms with Crippen LogP contribution in [0.3, 0.4) is 0 Å². The van der Waals surface area contributed by atoms with Crippen molar-refractivity contribution in [3.05, 3.63) is 0 Å². The minimum absolute atomic E-state index is 0. The second-order valence-corrected chi connectivity index (χ2v) is 6.63. The van der Waals surface area contributed by atoms with Crippen molar-refractivity contribution in [1.29, 1.82) is 0 Å². The Hall–Kier alpha value is -0.120. The van der Waals surface area contributed by atoms with Crippen LogP contribution in [0.25, 0.3) is 0 Å². The van der Waals surface area contributed by atoms with Gasteiger partial charge in [0.15, 0.2) is 5.96 Å². The van der Waals surface area contributed by atoms with Crippen LogP contribution >= 0.6 is 24.0 Å². The van der Waals surface area contributed by atoms with E-state index in [2.05, 4.69) is 29.5 Å². The zero-order valence-electron chi connectivity index (χ0n) is 14.5. The Morgan fingerprint density at radius 3 is 2.83 bits per heavy atom. The van der Waals surface area contributed by atoms with Gasteiger partial charge in [-0.05, 0) is 46.2 Å². The van der Waals surface area contributed by atoms with Gasteiger partial charge in [-0.1, -0.05) is 0 Å². The number of likely N-dealkylation sites (tertiary alicyclic amines) is 1. The highest BCUT2D eigenvalue weighted by atomic mass is 127. The smallest absolute Gasteiger partial charge is 0.191 e. The molecule has 0 saturated carbocycles. The zero-order valence-corrected chi connectivity index (χ0v) is 16.8. The monoisotopic (exact) mass is 440 g/mol. The molecule has 0 aromatic carbocycles. The zero-order chi connectivity index (χ0) is 15.8. The number of hydrogen-bond donors (Lipinski definition) is 3. The summed E-state index contributed by atoms with van der Waals surface area (Å²) in [6, 6.07) is 0.602. The predicted octanol–water partition coefficient (Wildman–Crippen LogP) is 1.04. The summed E-state index contributed by atoms with van der Waals surface area (Å²) in [5, 5.41) is 16.1. The van der Waals surface area contributed by atoms with Crippen LogP contribution in [0.1, 0.15) is 32.6 Å². The first-order valence-electron chi connectivity index (χ1n) is 8.60. The highest BCUT2D eigenvalue weighted by molar-refractivity contribution is 14.0. The molecule has 0 bridgehead atoms. The predicted molar refractivity (Wildman–Crippen MR) is 105 cm³/mol. The van der Waals surface area contributed by atoms with Crippen molar-refractivity contribution >= 4 is 29.9 Å². The fourth-order valence-corrected chi connectivity index (χ4v) is 3.33. The minimum Gasteiger partial charge on any atom is -0.396 e. The first kappa shape index (κ1) is 20.9. The quantitative estimate of drug-likeness (QED) is 0.314. The second-order valence-electron chi connectivity index (χ2n) is 6.63. The molecule has 0 radical (unpaired) electrons. The molecule has 0 aliphatic carbocycles. The topological polar surface area (TPSA) is 69.1 Å². The van der Waals surface area contributed by atoms with E-state index in [1.807, 2.05) is 0 Å². The lowest BCUT2D eigenvalue weighted by Gasteiger charge is -2.25. The van der Waals surface area contributed by atoms with Gasteiger partial charge in [-0.2, -0.15) is 0 Å². The first-order chi connectivity index (χ1) is 10.7. The Labute approximate surface area is 157 Å². The van der Waals surface area contributed by atoms with E-state index in [-0.39, 0.29) is 36.0 Å². The Bertz CT molecular complexity index is 362. The van der Waals surface area contributed by atoms with Crippen LogP contribution < -0.4 is 10.6 Å². The average molecular weight is 440 g/mol. The number of aliphatic hydroxyl groups excluding tert-OH is 1.